The van der Waals surface area contributed by atoms with Crippen molar-refractivity contribution in [2.45, 2.75) is 59.0 Å². The van der Waals surface area contributed by atoms with Gasteiger partial charge in [0, 0.05) is 6.61 Å². The first-order chi connectivity index (χ1) is 5.99. The van der Waals surface area contributed by atoms with E-state index in [-0.39, 0.29) is 5.60 Å². The Hall–Kier alpha value is -0.0400. The molecule has 78 valence electrons. The maximum atomic E-state index is 5.70. The zero-order chi connectivity index (χ0) is 9.90. The van der Waals surface area contributed by atoms with Gasteiger partial charge in [-0.25, -0.2) is 0 Å². The van der Waals surface area contributed by atoms with Gasteiger partial charge in [0.2, 0.25) is 0 Å². The summed E-state index contributed by atoms with van der Waals surface area (Å²) in [5.41, 5.74) is 0.139. The van der Waals surface area contributed by atoms with Crippen molar-refractivity contribution >= 4 is 0 Å². The van der Waals surface area contributed by atoms with E-state index in [9.17, 15) is 0 Å². The monoisotopic (exact) mass is 184 g/mol. The number of hydrogen-bond donors (Lipinski definition) is 0. The number of ether oxygens (including phenoxy) is 1. The average molecular weight is 184 g/mol. The van der Waals surface area contributed by atoms with Gasteiger partial charge in [-0.1, -0.05) is 26.7 Å². The van der Waals surface area contributed by atoms with Crippen LogP contribution in [0.15, 0.2) is 0 Å². The molecule has 1 rings (SSSR count). The van der Waals surface area contributed by atoms with E-state index in [1.807, 2.05) is 0 Å². The Morgan fingerprint density at radius 1 is 1.38 bits per heavy atom. The largest absolute Gasteiger partial charge is 0.376 e. The second-order valence-corrected chi connectivity index (χ2v) is 5.44. The smallest absolute Gasteiger partial charge is 0.0629 e. The van der Waals surface area contributed by atoms with Crippen molar-refractivity contribution in [3.63, 3.8) is 0 Å². The summed E-state index contributed by atoms with van der Waals surface area (Å²) in [6, 6.07) is 0. The molecule has 0 radical (unpaired) electrons. The van der Waals surface area contributed by atoms with Crippen molar-refractivity contribution < 1.29 is 4.74 Å². The summed E-state index contributed by atoms with van der Waals surface area (Å²) in [6.45, 7) is 10.0. The van der Waals surface area contributed by atoms with Crippen LogP contribution in [0.5, 0.6) is 0 Å². The zero-order valence-electron chi connectivity index (χ0n) is 9.60. The summed E-state index contributed by atoms with van der Waals surface area (Å²) in [4.78, 5) is 0. The summed E-state index contributed by atoms with van der Waals surface area (Å²) >= 11 is 0. The highest BCUT2D eigenvalue weighted by Gasteiger charge is 2.28. The van der Waals surface area contributed by atoms with E-state index in [2.05, 4.69) is 27.7 Å². The first kappa shape index (κ1) is 11.0. The molecule has 1 unspecified atom stereocenters. The van der Waals surface area contributed by atoms with Crippen LogP contribution < -0.4 is 0 Å². The van der Waals surface area contributed by atoms with Gasteiger partial charge in [-0.3, -0.25) is 0 Å². The molecule has 0 bridgehead atoms. The molecule has 1 heterocycles. The Balaban J connectivity index is 2.26. The molecule has 0 aromatic rings. The van der Waals surface area contributed by atoms with Gasteiger partial charge < -0.3 is 4.74 Å². The normalized spacial score (nSPS) is 27.9. The van der Waals surface area contributed by atoms with Crippen LogP contribution in [0.4, 0.5) is 0 Å². The molecule has 1 heteroatoms. The number of hydrogen-bond acceptors (Lipinski definition) is 1. The van der Waals surface area contributed by atoms with E-state index in [1.54, 1.807) is 0 Å². The predicted octanol–water partition coefficient (Wildman–Crippen LogP) is 3.63. The van der Waals surface area contributed by atoms with Crippen LogP contribution in [-0.2, 0) is 4.74 Å². The van der Waals surface area contributed by atoms with Crippen LogP contribution in [0.3, 0.4) is 0 Å². The molecular weight excluding hydrogens is 160 g/mol. The van der Waals surface area contributed by atoms with Crippen LogP contribution in [0.1, 0.15) is 53.4 Å². The summed E-state index contributed by atoms with van der Waals surface area (Å²) in [6.07, 6.45) is 5.29. The fourth-order valence-corrected chi connectivity index (χ4v) is 2.17. The Kier molecular flexibility index (Phi) is 3.78. The van der Waals surface area contributed by atoms with Gasteiger partial charge in [0.1, 0.15) is 0 Å². The molecule has 1 aliphatic rings. The average Bonchev–Trinajstić information content (AvgIpc) is 1.99. The van der Waals surface area contributed by atoms with Crippen molar-refractivity contribution in [1.29, 1.82) is 0 Å². The molecule has 1 aliphatic heterocycles. The minimum atomic E-state index is 0.139. The van der Waals surface area contributed by atoms with Gasteiger partial charge in [0.25, 0.3) is 0 Å². The summed E-state index contributed by atoms with van der Waals surface area (Å²) in [7, 11) is 0. The lowest BCUT2D eigenvalue weighted by molar-refractivity contribution is -0.0741. The van der Waals surface area contributed by atoms with E-state index in [0.29, 0.717) is 0 Å². The maximum absolute atomic E-state index is 5.70. The van der Waals surface area contributed by atoms with Crippen molar-refractivity contribution in [3.05, 3.63) is 0 Å². The molecule has 1 saturated heterocycles. The molecule has 0 amide bonds. The standard InChI is InChI=1S/C12H24O/c1-10(2)5-6-11-7-8-13-12(3,4)9-11/h10-11H,5-9H2,1-4H3. The Morgan fingerprint density at radius 2 is 2.08 bits per heavy atom. The van der Waals surface area contributed by atoms with E-state index >= 15 is 0 Å². The van der Waals surface area contributed by atoms with Crippen LogP contribution in [0, 0.1) is 11.8 Å². The second-order valence-electron chi connectivity index (χ2n) is 5.44. The zero-order valence-corrected chi connectivity index (χ0v) is 9.60. The first-order valence-corrected chi connectivity index (χ1v) is 5.63. The van der Waals surface area contributed by atoms with Crippen LogP contribution in [0.2, 0.25) is 0 Å². The molecule has 0 N–H and O–H groups in total. The third kappa shape index (κ3) is 4.12. The molecule has 0 spiro atoms. The molecule has 1 fully saturated rings. The lowest BCUT2D eigenvalue weighted by Crippen LogP contribution is -2.34. The van der Waals surface area contributed by atoms with E-state index in [1.165, 1.54) is 25.7 Å². The Morgan fingerprint density at radius 3 is 2.62 bits per heavy atom. The molecule has 1 nitrogen and oxygen atoms in total. The Bertz CT molecular complexity index is 149. The lowest BCUT2D eigenvalue weighted by atomic mass is 9.84. The highest BCUT2D eigenvalue weighted by atomic mass is 16.5. The molecule has 13 heavy (non-hydrogen) atoms. The molecule has 0 aliphatic carbocycles. The fraction of sp³-hybridized carbons (Fsp3) is 1.00. The summed E-state index contributed by atoms with van der Waals surface area (Å²) in [5, 5.41) is 0. The number of rotatable bonds is 3. The third-order valence-electron chi connectivity index (χ3n) is 2.95. The second kappa shape index (κ2) is 4.45. The highest BCUT2D eigenvalue weighted by Crippen LogP contribution is 2.31. The third-order valence-corrected chi connectivity index (χ3v) is 2.95. The molecule has 0 aromatic carbocycles. The van der Waals surface area contributed by atoms with Crippen LogP contribution >= 0.6 is 0 Å². The van der Waals surface area contributed by atoms with Crippen molar-refractivity contribution in [3.8, 4) is 0 Å². The van der Waals surface area contributed by atoms with Crippen LogP contribution in [0.25, 0.3) is 0 Å². The summed E-state index contributed by atoms with van der Waals surface area (Å²) < 4.78 is 5.70. The molecule has 0 saturated carbocycles. The topological polar surface area (TPSA) is 9.23 Å². The maximum Gasteiger partial charge on any atom is 0.0629 e. The molecule has 0 aromatic heterocycles. The van der Waals surface area contributed by atoms with Gasteiger partial charge in [-0.15, -0.1) is 0 Å². The minimum absolute atomic E-state index is 0.139. The molecule has 1 atom stereocenters. The van der Waals surface area contributed by atoms with Crippen molar-refractivity contribution in [2.75, 3.05) is 6.61 Å². The van der Waals surface area contributed by atoms with Crippen molar-refractivity contribution in [1.82, 2.24) is 0 Å². The van der Waals surface area contributed by atoms with Crippen molar-refractivity contribution in [2.24, 2.45) is 11.8 Å². The lowest BCUT2D eigenvalue weighted by Gasteiger charge is -2.35. The van der Waals surface area contributed by atoms with Crippen LogP contribution in [-0.4, -0.2) is 12.2 Å². The first-order valence-electron chi connectivity index (χ1n) is 5.63. The summed E-state index contributed by atoms with van der Waals surface area (Å²) in [5.74, 6) is 1.76. The van der Waals surface area contributed by atoms with Gasteiger partial charge in [0.15, 0.2) is 0 Å². The fourth-order valence-electron chi connectivity index (χ4n) is 2.17. The Labute approximate surface area is 82.9 Å². The highest BCUT2D eigenvalue weighted by molar-refractivity contribution is 4.78. The van der Waals surface area contributed by atoms with Gasteiger partial charge in [0.05, 0.1) is 5.60 Å². The van der Waals surface area contributed by atoms with E-state index in [4.69, 9.17) is 4.74 Å². The van der Waals surface area contributed by atoms with E-state index < -0.39 is 0 Å². The SMILES string of the molecule is CC(C)CCC1CCOC(C)(C)C1. The predicted molar refractivity (Wildman–Crippen MR) is 56.8 cm³/mol. The quantitative estimate of drug-likeness (QED) is 0.651. The van der Waals surface area contributed by atoms with Gasteiger partial charge in [-0.2, -0.15) is 0 Å². The molecular formula is C12H24O. The minimum Gasteiger partial charge on any atom is -0.376 e. The van der Waals surface area contributed by atoms with E-state index in [0.717, 1.165) is 18.4 Å². The van der Waals surface area contributed by atoms with Gasteiger partial charge in [-0.05, 0) is 38.5 Å². The van der Waals surface area contributed by atoms with Gasteiger partial charge >= 0.3 is 0 Å².